The molecule has 17 heavy (non-hydrogen) atoms. The molecule has 98 valence electrons. The van der Waals surface area contributed by atoms with E-state index in [0.717, 1.165) is 29.8 Å². The van der Waals surface area contributed by atoms with Crippen molar-refractivity contribution in [3.63, 3.8) is 0 Å². The monoisotopic (exact) mass is 236 g/mol. The smallest absolute Gasteiger partial charge is 0.0547 e. The van der Waals surface area contributed by atoms with Crippen LogP contribution in [0.25, 0.3) is 0 Å². The zero-order chi connectivity index (χ0) is 11.9. The van der Waals surface area contributed by atoms with E-state index in [1.165, 1.54) is 12.8 Å². The van der Waals surface area contributed by atoms with E-state index in [0.29, 0.717) is 6.10 Å². The molecule has 0 amide bonds. The van der Waals surface area contributed by atoms with E-state index >= 15 is 0 Å². The van der Waals surface area contributed by atoms with Gasteiger partial charge in [-0.15, -0.1) is 0 Å². The van der Waals surface area contributed by atoms with Crippen molar-refractivity contribution < 1.29 is 4.74 Å². The molecule has 4 aliphatic rings. The van der Waals surface area contributed by atoms with Crippen molar-refractivity contribution >= 4 is 0 Å². The summed E-state index contributed by atoms with van der Waals surface area (Å²) < 4.78 is 5.71. The molecular weight excluding hydrogens is 208 g/mol. The Morgan fingerprint density at radius 2 is 1.59 bits per heavy atom. The maximum atomic E-state index is 5.71. The molecule has 0 aromatic rings. The van der Waals surface area contributed by atoms with Crippen LogP contribution in [0.3, 0.4) is 0 Å². The van der Waals surface area contributed by atoms with Crippen LogP contribution in [-0.2, 0) is 4.74 Å². The lowest BCUT2D eigenvalue weighted by Crippen LogP contribution is -2.46. The minimum atomic E-state index is 0.480. The largest absolute Gasteiger partial charge is 0.379 e. The van der Waals surface area contributed by atoms with Gasteiger partial charge in [0.05, 0.1) is 6.10 Å². The van der Waals surface area contributed by atoms with Crippen LogP contribution in [0.2, 0.25) is 0 Å². The van der Waals surface area contributed by atoms with Gasteiger partial charge in [0.2, 0.25) is 0 Å². The Kier molecular flexibility index (Phi) is 3.23. The van der Waals surface area contributed by atoms with Gasteiger partial charge in [0.25, 0.3) is 0 Å². The zero-order valence-electron chi connectivity index (χ0n) is 11.6. The van der Waals surface area contributed by atoms with E-state index in [2.05, 4.69) is 13.8 Å². The number of hydrogen-bond donors (Lipinski definition) is 0. The summed E-state index contributed by atoms with van der Waals surface area (Å²) in [5, 5.41) is 0. The first kappa shape index (κ1) is 12.0. The molecule has 4 saturated carbocycles. The molecule has 1 nitrogen and oxygen atoms in total. The summed E-state index contributed by atoms with van der Waals surface area (Å²) in [5.74, 6) is 3.30. The van der Waals surface area contributed by atoms with Crippen molar-refractivity contribution in [3.05, 3.63) is 0 Å². The SMILES string of the molecule is CCOC(C)CCC12CC3CC(CC(C3)C1)C2. The Labute approximate surface area is 106 Å². The third-order valence-electron chi connectivity index (χ3n) is 5.70. The van der Waals surface area contributed by atoms with Crippen molar-refractivity contribution in [1.29, 1.82) is 0 Å². The van der Waals surface area contributed by atoms with Crippen LogP contribution in [0.5, 0.6) is 0 Å². The summed E-state index contributed by atoms with van der Waals surface area (Å²) in [6, 6.07) is 0. The number of rotatable bonds is 5. The van der Waals surface area contributed by atoms with E-state index in [9.17, 15) is 0 Å². The normalized spacial score (nSPS) is 45.2. The maximum Gasteiger partial charge on any atom is 0.0547 e. The molecule has 0 aromatic carbocycles. The van der Waals surface area contributed by atoms with Crippen LogP contribution >= 0.6 is 0 Å². The molecule has 4 bridgehead atoms. The summed E-state index contributed by atoms with van der Waals surface area (Å²) >= 11 is 0. The van der Waals surface area contributed by atoms with Crippen LogP contribution in [0.4, 0.5) is 0 Å². The fraction of sp³-hybridized carbons (Fsp3) is 1.00. The lowest BCUT2D eigenvalue weighted by molar-refractivity contribution is -0.0651. The Morgan fingerprint density at radius 3 is 2.06 bits per heavy atom. The predicted molar refractivity (Wildman–Crippen MR) is 70.9 cm³/mol. The summed E-state index contributed by atoms with van der Waals surface area (Å²) in [6.07, 6.45) is 12.6. The van der Waals surface area contributed by atoms with Gasteiger partial charge in [0.1, 0.15) is 0 Å². The van der Waals surface area contributed by atoms with E-state index in [1.54, 1.807) is 38.5 Å². The first-order chi connectivity index (χ1) is 8.19. The molecule has 0 saturated heterocycles. The Hall–Kier alpha value is -0.0400. The molecule has 0 heterocycles. The third kappa shape index (κ3) is 2.41. The molecule has 4 aliphatic carbocycles. The highest BCUT2D eigenvalue weighted by atomic mass is 16.5. The fourth-order valence-corrected chi connectivity index (χ4v) is 5.47. The molecule has 0 aliphatic heterocycles. The number of ether oxygens (including phenoxy) is 1. The summed E-state index contributed by atoms with van der Waals surface area (Å²) in [6.45, 7) is 5.24. The molecular formula is C16H28O. The zero-order valence-corrected chi connectivity index (χ0v) is 11.6. The molecule has 0 radical (unpaired) electrons. The van der Waals surface area contributed by atoms with Crippen molar-refractivity contribution in [2.75, 3.05) is 6.61 Å². The molecule has 1 atom stereocenters. The average Bonchev–Trinajstić information content (AvgIpc) is 2.25. The minimum Gasteiger partial charge on any atom is -0.379 e. The van der Waals surface area contributed by atoms with Crippen molar-refractivity contribution in [1.82, 2.24) is 0 Å². The lowest BCUT2D eigenvalue weighted by Gasteiger charge is -2.57. The van der Waals surface area contributed by atoms with E-state index < -0.39 is 0 Å². The van der Waals surface area contributed by atoms with Crippen LogP contribution in [0.15, 0.2) is 0 Å². The van der Waals surface area contributed by atoms with Crippen molar-refractivity contribution in [2.24, 2.45) is 23.2 Å². The molecule has 0 aromatic heterocycles. The van der Waals surface area contributed by atoms with Gasteiger partial charge < -0.3 is 4.74 Å². The van der Waals surface area contributed by atoms with Crippen molar-refractivity contribution in [2.45, 2.75) is 71.3 Å². The summed E-state index contributed by atoms with van der Waals surface area (Å²) in [4.78, 5) is 0. The fourth-order valence-electron chi connectivity index (χ4n) is 5.47. The lowest BCUT2D eigenvalue weighted by atomic mass is 9.48. The first-order valence-corrected chi connectivity index (χ1v) is 7.81. The summed E-state index contributed by atoms with van der Waals surface area (Å²) in [5.41, 5.74) is 0.750. The molecule has 1 heteroatoms. The molecule has 1 unspecified atom stereocenters. The summed E-state index contributed by atoms with van der Waals surface area (Å²) in [7, 11) is 0. The Bertz CT molecular complexity index is 235. The first-order valence-electron chi connectivity index (χ1n) is 7.81. The van der Waals surface area contributed by atoms with Crippen LogP contribution in [-0.4, -0.2) is 12.7 Å². The van der Waals surface area contributed by atoms with E-state index in [4.69, 9.17) is 4.74 Å². The Balaban J connectivity index is 1.58. The molecule has 4 rings (SSSR count). The van der Waals surface area contributed by atoms with Crippen LogP contribution < -0.4 is 0 Å². The second kappa shape index (κ2) is 4.57. The highest BCUT2D eigenvalue weighted by Crippen LogP contribution is 2.61. The van der Waals surface area contributed by atoms with Gasteiger partial charge in [-0.1, -0.05) is 0 Å². The molecule has 0 spiro atoms. The average molecular weight is 236 g/mol. The highest BCUT2D eigenvalue weighted by Gasteiger charge is 2.50. The van der Waals surface area contributed by atoms with Gasteiger partial charge in [-0.3, -0.25) is 0 Å². The van der Waals surface area contributed by atoms with Gasteiger partial charge in [0, 0.05) is 6.61 Å². The van der Waals surface area contributed by atoms with Gasteiger partial charge in [-0.05, 0) is 88.4 Å². The van der Waals surface area contributed by atoms with Gasteiger partial charge in [0.15, 0.2) is 0 Å². The van der Waals surface area contributed by atoms with E-state index in [-0.39, 0.29) is 0 Å². The predicted octanol–water partition coefficient (Wildman–Crippen LogP) is 4.41. The van der Waals surface area contributed by atoms with Gasteiger partial charge in [-0.25, -0.2) is 0 Å². The van der Waals surface area contributed by atoms with Gasteiger partial charge >= 0.3 is 0 Å². The third-order valence-corrected chi connectivity index (χ3v) is 5.70. The number of hydrogen-bond acceptors (Lipinski definition) is 1. The van der Waals surface area contributed by atoms with Gasteiger partial charge in [-0.2, -0.15) is 0 Å². The minimum absolute atomic E-state index is 0.480. The van der Waals surface area contributed by atoms with Crippen molar-refractivity contribution in [3.8, 4) is 0 Å². The topological polar surface area (TPSA) is 9.23 Å². The molecule has 4 fully saturated rings. The van der Waals surface area contributed by atoms with E-state index in [1.807, 2.05) is 0 Å². The second-order valence-electron chi connectivity index (χ2n) is 7.22. The Morgan fingerprint density at radius 1 is 1.06 bits per heavy atom. The van der Waals surface area contributed by atoms with Crippen LogP contribution in [0.1, 0.15) is 65.2 Å². The standard InChI is InChI=1S/C16H28O/c1-3-17-12(2)4-5-16-9-13-6-14(10-16)8-15(7-13)11-16/h12-15H,3-11H2,1-2H3. The highest BCUT2D eigenvalue weighted by molar-refractivity contribution is 5.01. The maximum absolute atomic E-state index is 5.71. The quantitative estimate of drug-likeness (QED) is 0.687. The molecule has 0 N–H and O–H groups in total. The van der Waals surface area contributed by atoms with Crippen LogP contribution in [0, 0.1) is 23.2 Å². The second-order valence-corrected chi connectivity index (χ2v) is 7.22.